The zero-order valence-corrected chi connectivity index (χ0v) is 11.2. The average Bonchev–Trinajstić information content (AvgIpc) is 3.20. The lowest BCUT2D eigenvalue weighted by atomic mass is 10.2. The van der Waals surface area contributed by atoms with E-state index in [0.29, 0.717) is 6.54 Å². The predicted octanol–water partition coefficient (Wildman–Crippen LogP) is 0.913. The molecule has 3 rings (SSSR count). The summed E-state index contributed by atoms with van der Waals surface area (Å²) >= 11 is 0. The van der Waals surface area contributed by atoms with Crippen LogP contribution in [0.5, 0.6) is 0 Å². The van der Waals surface area contributed by atoms with Crippen LogP contribution in [0, 0.1) is 0 Å². The summed E-state index contributed by atoms with van der Waals surface area (Å²) in [6.07, 6.45) is 8.53. The van der Waals surface area contributed by atoms with Crippen molar-refractivity contribution in [3.8, 4) is 0 Å². The van der Waals surface area contributed by atoms with Crippen molar-refractivity contribution in [3.63, 3.8) is 0 Å². The summed E-state index contributed by atoms with van der Waals surface area (Å²) in [5.74, 6) is 0.593. The molecule has 0 bridgehead atoms. The third-order valence-corrected chi connectivity index (χ3v) is 3.54. The van der Waals surface area contributed by atoms with Crippen LogP contribution in [0.2, 0.25) is 0 Å². The summed E-state index contributed by atoms with van der Waals surface area (Å²) in [5.41, 5.74) is -0.0622. The molecule has 1 fully saturated rings. The second-order valence-corrected chi connectivity index (χ2v) is 5.04. The largest absolute Gasteiger partial charge is 0.367 e. The van der Waals surface area contributed by atoms with Crippen LogP contribution >= 0.6 is 0 Å². The monoisotopic (exact) mass is 272 g/mol. The van der Waals surface area contributed by atoms with E-state index in [0.717, 1.165) is 18.7 Å². The predicted molar refractivity (Wildman–Crippen MR) is 73.2 cm³/mol. The molecule has 6 heteroatoms. The van der Waals surface area contributed by atoms with Gasteiger partial charge in [-0.2, -0.15) is 0 Å². The van der Waals surface area contributed by atoms with Gasteiger partial charge < -0.3 is 14.5 Å². The van der Waals surface area contributed by atoms with Crippen LogP contribution in [-0.4, -0.2) is 31.4 Å². The molecule has 1 amide bonds. The number of nitrogens with one attached hydrogen (secondary N) is 1. The van der Waals surface area contributed by atoms with Crippen LogP contribution < -0.4 is 5.43 Å². The molecule has 1 aliphatic carbocycles. The minimum absolute atomic E-state index is 0.189. The van der Waals surface area contributed by atoms with Crippen LogP contribution in [0.15, 0.2) is 35.6 Å². The molecule has 0 aliphatic heterocycles. The maximum atomic E-state index is 12.6. The van der Waals surface area contributed by atoms with Gasteiger partial charge in [-0.25, -0.2) is 4.98 Å². The van der Waals surface area contributed by atoms with Crippen molar-refractivity contribution < 1.29 is 4.79 Å². The van der Waals surface area contributed by atoms with E-state index >= 15 is 0 Å². The van der Waals surface area contributed by atoms with Gasteiger partial charge in [0.05, 0.1) is 6.54 Å². The summed E-state index contributed by atoms with van der Waals surface area (Å²) in [6, 6.07) is 1.60. The lowest BCUT2D eigenvalue weighted by Crippen LogP contribution is -2.36. The molecule has 20 heavy (non-hydrogen) atoms. The molecule has 2 aromatic rings. The highest BCUT2D eigenvalue weighted by molar-refractivity contribution is 5.94. The van der Waals surface area contributed by atoms with Crippen molar-refractivity contribution in [1.29, 1.82) is 0 Å². The molecule has 0 aromatic carbocycles. The zero-order valence-electron chi connectivity index (χ0n) is 11.2. The number of aryl methyl sites for hydroxylation is 1. The Morgan fingerprint density at radius 2 is 2.35 bits per heavy atom. The van der Waals surface area contributed by atoms with Crippen LogP contribution in [-0.2, 0) is 13.6 Å². The van der Waals surface area contributed by atoms with Gasteiger partial charge in [-0.05, 0) is 12.8 Å². The van der Waals surface area contributed by atoms with Gasteiger partial charge in [0.1, 0.15) is 11.4 Å². The quantitative estimate of drug-likeness (QED) is 0.899. The van der Waals surface area contributed by atoms with Crippen LogP contribution in [0.4, 0.5) is 0 Å². The fourth-order valence-corrected chi connectivity index (χ4v) is 2.19. The Morgan fingerprint density at radius 3 is 2.95 bits per heavy atom. The number of amides is 1. The standard InChI is InChI=1S/C14H16N4O2/c1-17-7-6-16-13(17)9-18(10-2-3-10)14(20)11-8-15-5-4-12(11)19/h4-8,10H,2-3,9H2,1H3,(H,15,19). The highest BCUT2D eigenvalue weighted by atomic mass is 16.2. The maximum Gasteiger partial charge on any atom is 0.259 e. The smallest absolute Gasteiger partial charge is 0.259 e. The van der Waals surface area contributed by atoms with Crippen molar-refractivity contribution in [2.75, 3.05) is 0 Å². The molecule has 1 aliphatic rings. The summed E-state index contributed by atoms with van der Waals surface area (Å²) in [4.78, 5) is 33.1. The van der Waals surface area contributed by atoms with E-state index < -0.39 is 0 Å². The van der Waals surface area contributed by atoms with Crippen molar-refractivity contribution in [3.05, 3.63) is 52.5 Å². The van der Waals surface area contributed by atoms with Gasteiger partial charge in [-0.1, -0.05) is 0 Å². The molecule has 104 valence electrons. The van der Waals surface area contributed by atoms with E-state index in [1.54, 1.807) is 11.1 Å². The lowest BCUT2D eigenvalue weighted by Gasteiger charge is -2.21. The second kappa shape index (κ2) is 4.96. The molecule has 0 radical (unpaired) electrons. The SMILES string of the molecule is Cn1ccnc1CN(C(=O)c1c[nH]ccc1=O)C1CC1. The van der Waals surface area contributed by atoms with Gasteiger partial charge in [0.15, 0.2) is 5.43 Å². The Kier molecular flexibility index (Phi) is 3.14. The van der Waals surface area contributed by atoms with Gasteiger partial charge in [-0.3, -0.25) is 9.59 Å². The number of aromatic amines is 1. The van der Waals surface area contributed by atoms with Gasteiger partial charge in [-0.15, -0.1) is 0 Å². The molecule has 0 saturated heterocycles. The maximum absolute atomic E-state index is 12.6. The number of aromatic nitrogens is 3. The van der Waals surface area contributed by atoms with E-state index in [-0.39, 0.29) is 22.9 Å². The normalized spacial score (nSPS) is 14.2. The molecular formula is C14H16N4O2. The van der Waals surface area contributed by atoms with E-state index in [1.807, 2.05) is 17.8 Å². The first-order chi connectivity index (χ1) is 9.66. The lowest BCUT2D eigenvalue weighted by molar-refractivity contribution is 0.0722. The molecule has 0 spiro atoms. The highest BCUT2D eigenvalue weighted by Gasteiger charge is 2.34. The van der Waals surface area contributed by atoms with Gasteiger partial charge in [0, 0.05) is 43.9 Å². The molecule has 6 nitrogen and oxygen atoms in total. The number of imidazole rings is 1. The average molecular weight is 272 g/mol. The van der Waals surface area contributed by atoms with Crippen molar-refractivity contribution in [2.45, 2.75) is 25.4 Å². The van der Waals surface area contributed by atoms with Crippen molar-refractivity contribution in [2.24, 2.45) is 7.05 Å². The number of nitrogens with zero attached hydrogens (tertiary/aromatic N) is 3. The number of pyridine rings is 1. The number of hydrogen-bond donors (Lipinski definition) is 1. The van der Waals surface area contributed by atoms with Gasteiger partial charge in [0.2, 0.25) is 0 Å². The molecular weight excluding hydrogens is 256 g/mol. The second-order valence-electron chi connectivity index (χ2n) is 5.04. The Bertz CT molecular complexity index is 684. The summed E-state index contributed by atoms with van der Waals surface area (Å²) in [5, 5.41) is 0. The molecule has 1 saturated carbocycles. The minimum atomic E-state index is -0.251. The molecule has 0 atom stereocenters. The van der Waals surface area contributed by atoms with E-state index in [4.69, 9.17) is 0 Å². The first kappa shape index (κ1) is 12.7. The topological polar surface area (TPSA) is 71.0 Å². The first-order valence-corrected chi connectivity index (χ1v) is 6.61. The third kappa shape index (κ3) is 2.36. The van der Waals surface area contributed by atoms with Gasteiger partial charge in [0.25, 0.3) is 5.91 Å². The minimum Gasteiger partial charge on any atom is -0.367 e. The number of hydrogen-bond acceptors (Lipinski definition) is 3. The zero-order chi connectivity index (χ0) is 14.1. The van der Waals surface area contributed by atoms with E-state index in [9.17, 15) is 9.59 Å². The Morgan fingerprint density at radius 1 is 1.55 bits per heavy atom. The van der Waals surface area contributed by atoms with Gasteiger partial charge >= 0.3 is 0 Å². The fourth-order valence-electron chi connectivity index (χ4n) is 2.19. The fraction of sp³-hybridized carbons (Fsp3) is 0.357. The number of H-pyrrole nitrogens is 1. The Labute approximate surface area is 116 Å². The Balaban J connectivity index is 1.88. The number of rotatable bonds is 4. The van der Waals surface area contributed by atoms with E-state index in [2.05, 4.69) is 9.97 Å². The van der Waals surface area contributed by atoms with Crippen molar-refractivity contribution >= 4 is 5.91 Å². The van der Waals surface area contributed by atoms with E-state index in [1.165, 1.54) is 18.5 Å². The van der Waals surface area contributed by atoms with Crippen molar-refractivity contribution in [1.82, 2.24) is 19.4 Å². The summed E-state index contributed by atoms with van der Waals surface area (Å²) in [6.45, 7) is 0.432. The highest BCUT2D eigenvalue weighted by Crippen LogP contribution is 2.29. The number of carbonyl (C=O) groups excluding carboxylic acids is 1. The Hall–Kier alpha value is -2.37. The third-order valence-electron chi connectivity index (χ3n) is 3.54. The first-order valence-electron chi connectivity index (χ1n) is 6.61. The van der Waals surface area contributed by atoms with Crippen LogP contribution in [0.25, 0.3) is 0 Å². The summed E-state index contributed by atoms with van der Waals surface area (Å²) < 4.78 is 1.89. The molecule has 0 unspecified atom stereocenters. The van der Waals surface area contributed by atoms with Crippen LogP contribution in [0.3, 0.4) is 0 Å². The summed E-state index contributed by atoms with van der Waals surface area (Å²) in [7, 11) is 1.90. The van der Waals surface area contributed by atoms with Crippen LogP contribution in [0.1, 0.15) is 29.0 Å². The molecule has 2 aromatic heterocycles. The number of carbonyl (C=O) groups is 1. The molecule has 1 N–H and O–H groups in total. The molecule has 2 heterocycles.